The summed E-state index contributed by atoms with van der Waals surface area (Å²) in [7, 11) is 0. The molecule has 24 heavy (non-hydrogen) atoms. The highest BCUT2D eigenvalue weighted by molar-refractivity contribution is 5.94. The fraction of sp³-hybridized carbons (Fsp3) is 0.579. The summed E-state index contributed by atoms with van der Waals surface area (Å²) in [5.41, 5.74) is 7.64. The van der Waals surface area contributed by atoms with Crippen molar-refractivity contribution < 1.29 is 9.59 Å². The van der Waals surface area contributed by atoms with Gasteiger partial charge in [0, 0.05) is 18.2 Å². The Morgan fingerprint density at radius 2 is 1.71 bits per heavy atom. The van der Waals surface area contributed by atoms with Crippen LogP contribution in [-0.4, -0.2) is 30.4 Å². The average Bonchev–Trinajstić information content (AvgIpc) is 2.57. The SMILES string of the molecule is CCC(C)C(CNC(=O)c1ccc(C)cc1)NC(=O)C(N)C(C)C. The van der Waals surface area contributed by atoms with Crippen LogP contribution in [0.3, 0.4) is 0 Å². The van der Waals surface area contributed by atoms with Crippen molar-refractivity contribution in [2.24, 2.45) is 17.6 Å². The molecular weight excluding hydrogens is 302 g/mol. The number of aryl methyl sites for hydroxylation is 1. The predicted octanol–water partition coefficient (Wildman–Crippen LogP) is 2.24. The first-order chi connectivity index (χ1) is 11.3. The molecule has 0 fully saturated rings. The van der Waals surface area contributed by atoms with Crippen molar-refractivity contribution in [3.05, 3.63) is 35.4 Å². The molecule has 5 heteroatoms. The number of carbonyl (C=O) groups excluding carboxylic acids is 2. The van der Waals surface area contributed by atoms with Gasteiger partial charge in [-0.05, 0) is 30.9 Å². The van der Waals surface area contributed by atoms with Crippen molar-refractivity contribution in [2.45, 2.75) is 53.1 Å². The standard InChI is InChI=1S/C19H31N3O2/c1-6-14(5)16(22-19(24)17(20)12(2)3)11-21-18(23)15-9-7-13(4)8-10-15/h7-10,12,14,16-17H,6,11,20H2,1-5H3,(H,21,23)(H,22,24). The zero-order chi connectivity index (χ0) is 18.3. The van der Waals surface area contributed by atoms with E-state index in [2.05, 4.69) is 24.5 Å². The second-order valence-corrected chi connectivity index (χ2v) is 6.85. The van der Waals surface area contributed by atoms with Crippen LogP contribution in [0.25, 0.3) is 0 Å². The number of benzene rings is 1. The van der Waals surface area contributed by atoms with Gasteiger partial charge in [-0.3, -0.25) is 9.59 Å². The van der Waals surface area contributed by atoms with Gasteiger partial charge in [0.2, 0.25) is 5.91 Å². The van der Waals surface area contributed by atoms with E-state index in [1.807, 2.05) is 32.9 Å². The molecule has 3 unspecified atom stereocenters. The van der Waals surface area contributed by atoms with E-state index in [9.17, 15) is 9.59 Å². The fourth-order valence-corrected chi connectivity index (χ4v) is 2.27. The van der Waals surface area contributed by atoms with Gasteiger partial charge in [-0.1, -0.05) is 51.8 Å². The summed E-state index contributed by atoms with van der Waals surface area (Å²) >= 11 is 0. The minimum Gasteiger partial charge on any atom is -0.350 e. The number of carbonyl (C=O) groups is 2. The minimum atomic E-state index is -0.538. The Hall–Kier alpha value is -1.88. The Kier molecular flexibility index (Phi) is 7.92. The molecule has 2 amide bonds. The Bertz CT molecular complexity index is 540. The maximum Gasteiger partial charge on any atom is 0.251 e. The molecule has 0 aliphatic heterocycles. The lowest BCUT2D eigenvalue weighted by Crippen LogP contribution is -2.53. The van der Waals surface area contributed by atoms with E-state index in [0.29, 0.717) is 12.1 Å². The Balaban J connectivity index is 2.67. The molecule has 3 atom stereocenters. The van der Waals surface area contributed by atoms with Gasteiger partial charge in [-0.2, -0.15) is 0 Å². The summed E-state index contributed by atoms with van der Waals surface area (Å²) in [5, 5.41) is 5.90. The molecule has 0 heterocycles. The lowest BCUT2D eigenvalue weighted by atomic mass is 9.97. The fourth-order valence-electron chi connectivity index (χ4n) is 2.27. The second-order valence-electron chi connectivity index (χ2n) is 6.85. The van der Waals surface area contributed by atoms with Gasteiger partial charge in [-0.15, -0.1) is 0 Å². The van der Waals surface area contributed by atoms with E-state index >= 15 is 0 Å². The first kappa shape index (κ1) is 20.2. The topological polar surface area (TPSA) is 84.2 Å². The molecule has 134 valence electrons. The lowest BCUT2D eigenvalue weighted by Gasteiger charge is -2.27. The number of nitrogens with two attached hydrogens (primary N) is 1. The molecule has 0 spiro atoms. The van der Waals surface area contributed by atoms with Crippen LogP contribution >= 0.6 is 0 Å². The van der Waals surface area contributed by atoms with Crippen molar-refractivity contribution >= 4 is 11.8 Å². The molecule has 1 aromatic rings. The monoisotopic (exact) mass is 333 g/mol. The molecule has 0 bridgehead atoms. The van der Waals surface area contributed by atoms with Gasteiger partial charge in [0.1, 0.15) is 0 Å². The second kappa shape index (κ2) is 9.42. The molecule has 0 aromatic heterocycles. The van der Waals surface area contributed by atoms with Gasteiger partial charge >= 0.3 is 0 Å². The van der Waals surface area contributed by atoms with Gasteiger partial charge in [-0.25, -0.2) is 0 Å². The number of hydrogen-bond acceptors (Lipinski definition) is 3. The Morgan fingerprint density at radius 3 is 2.21 bits per heavy atom. The zero-order valence-electron chi connectivity index (χ0n) is 15.4. The van der Waals surface area contributed by atoms with Crippen LogP contribution in [0.1, 0.15) is 50.0 Å². The third-order valence-corrected chi connectivity index (χ3v) is 4.48. The number of hydrogen-bond donors (Lipinski definition) is 3. The minimum absolute atomic E-state index is 0.0738. The molecule has 4 N–H and O–H groups in total. The predicted molar refractivity (Wildman–Crippen MR) is 97.7 cm³/mol. The van der Waals surface area contributed by atoms with E-state index in [1.165, 1.54) is 0 Å². The van der Waals surface area contributed by atoms with Crippen LogP contribution in [0.2, 0.25) is 0 Å². The first-order valence-electron chi connectivity index (χ1n) is 8.67. The van der Waals surface area contributed by atoms with Gasteiger partial charge in [0.15, 0.2) is 0 Å². The average molecular weight is 333 g/mol. The van der Waals surface area contributed by atoms with Crippen LogP contribution < -0.4 is 16.4 Å². The quantitative estimate of drug-likeness (QED) is 0.682. The molecule has 1 rings (SSSR count). The van der Waals surface area contributed by atoms with Crippen LogP contribution in [0, 0.1) is 18.8 Å². The molecule has 1 aromatic carbocycles. The summed E-state index contributed by atoms with van der Waals surface area (Å²) in [6.07, 6.45) is 0.905. The first-order valence-corrected chi connectivity index (χ1v) is 8.67. The Morgan fingerprint density at radius 1 is 1.12 bits per heavy atom. The smallest absolute Gasteiger partial charge is 0.251 e. The largest absolute Gasteiger partial charge is 0.350 e. The van der Waals surface area contributed by atoms with Crippen molar-refractivity contribution in [2.75, 3.05) is 6.54 Å². The van der Waals surface area contributed by atoms with E-state index in [-0.39, 0.29) is 29.7 Å². The van der Waals surface area contributed by atoms with E-state index < -0.39 is 6.04 Å². The van der Waals surface area contributed by atoms with Crippen LogP contribution in [0.15, 0.2) is 24.3 Å². The van der Waals surface area contributed by atoms with Crippen molar-refractivity contribution in [1.82, 2.24) is 10.6 Å². The summed E-state index contributed by atoms with van der Waals surface area (Å²) in [4.78, 5) is 24.5. The molecular formula is C19H31N3O2. The van der Waals surface area contributed by atoms with E-state index in [0.717, 1.165) is 12.0 Å². The van der Waals surface area contributed by atoms with E-state index in [4.69, 9.17) is 5.73 Å². The zero-order valence-corrected chi connectivity index (χ0v) is 15.4. The number of amides is 2. The molecule has 5 nitrogen and oxygen atoms in total. The third-order valence-electron chi connectivity index (χ3n) is 4.48. The molecule has 0 aliphatic rings. The normalized spacial score (nSPS) is 14.8. The summed E-state index contributed by atoms with van der Waals surface area (Å²) in [5.74, 6) is 0.0157. The molecule has 0 saturated carbocycles. The summed E-state index contributed by atoms with van der Waals surface area (Å²) in [6.45, 7) is 10.3. The molecule has 0 radical (unpaired) electrons. The van der Waals surface area contributed by atoms with Crippen molar-refractivity contribution in [1.29, 1.82) is 0 Å². The van der Waals surface area contributed by atoms with Crippen LogP contribution in [-0.2, 0) is 4.79 Å². The molecule has 0 saturated heterocycles. The number of nitrogens with one attached hydrogen (secondary N) is 2. The van der Waals surface area contributed by atoms with Crippen LogP contribution in [0.5, 0.6) is 0 Å². The summed E-state index contributed by atoms with van der Waals surface area (Å²) in [6, 6.07) is 6.74. The molecule has 0 aliphatic carbocycles. The van der Waals surface area contributed by atoms with Crippen molar-refractivity contribution in [3.63, 3.8) is 0 Å². The maximum atomic E-state index is 12.3. The van der Waals surface area contributed by atoms with Crippen molar-refractivity contribution in [3.8, 4) is 0 Å². The van der Waals surface area contributed by atoms with E-state index in [1.54, 1.807) is 12.1 Å². The van der Waals surface area contributed by atoms with Gasteiger partial charge < -0.3 is 16.4 Å². The number of rotatable bonds is 8. The van der Waals surface area contributed by atoms with Gasteiger partial charge in [0.25, 0.3) is 5.91 Å². The third kappa shape index (κ3) is 5.96. The van der Waals surface area contributed by atoms with Crippen LogP contribution in [0.4, 0.5) is 0 Å². The summed E-state index contributed by atoms with van der Waals surface area (Å²) < 4.78 is 0. The highest BCUT2D eigenvalue weighted by Gasteiger charge is 2.24. The maximum absolute atomic E-state index is 12.3. The Labute approximate surface area is 145 Å². The lowest BCUT2D eigenvalue weighted by molar-refractivity contribution is -0.124. The van der Waals surface area contributed by atoms with Gasteiger partial charge in [0.05, 0.1) is 6.04 Å². The highest BCUT2D eigenvalue weighted by Crippen LogP contribution is 2.09. The highest BCUT2D eigenvalue weighted by atomic mass is 16.2.